The number of hydrogen-bond donors (Lipinski definition) is 0. The maximum absolute atomic E-state index is 12.0. The van der Waals surface area contributed by atoms with Crippen LogP contribution in [0.4, 0.5) is 0 Å². The van der Waals surface area contributed by atoms with Crippen molar-refractivity contribution in [3.05, 3.63) is 0 Å². The van der Waals surface area contributed by atoms with Gasteiger partial charge in [0, 0.05) is 19.0 Å². The number of likely N-dealkylation sites (tertiary alicyclic amines) is 1. The lowest BCUT2D eigenvalue weighted by molar-refractivity contribution is -0.136. The summed E-state index contributed by atoms with van der Waals surface area (Å²) in [6.07, 6.45) is 5.91. The number of rotatable bonds is 4. The third-order valence-electron chi connectivity index (χ3n) is 3.27. The fourth-order valence-corrected chi connectivity index (χ4v) is 2.13. The van der Waals surface area contributed by atoms with Crippen LogP contribution in [0.2, 0.25) is 0 Å². The molecule has 2 heteroatoms. The second kappa shape index (κ2) is 6.14. The second-order valence-corrected chi connectivity index (χ2v) is 5.26. The molecule has 2 nitrogen and oxygen atoms in total. The molecule has 1 amide bonds. The Kier molecular flexibility index (Phi) is 5.13. The molecule has 88 valence electrons. The van der Waals surface area contributed by atoms with E-state index in [1.54, 1.807) is 0 Å². The highest BCUT2D eigenvalue weighted by atomic mass is 16.2. The van der Waals surface area contributed by atoms with Crippen molar-refractivity contribution in [2.75, 3.05) is 13.1 Å². The SMILES string of the molecule is CC(C)CCC(C)C(=O)N1CCCCC1. The maximum Gasteiger partial charge on any atom is 0.225 e. The molecule has 15 heavy (non-hydrogen) atoms. The zero-order chi connectivity index (χ0) is 11.3. The van der Waals surface area contributed by atoms with Crippen molar-refractivity contribution in [3.8, 4) is 0 Å². The molecule has 0 aromatic heterocycles. The van der Waals surface area contributed by atoms with Crippen molar-refractivity contribution in [1.82, 2.24) is 4.90 Å². The Morgan fingerprint density at radius 3 is 2.20 bits per heavy atom. The van der Waals surface area contributed by atoms with Crippen molar-refractivity contribution in [1.29, 1.82) is 0 Å². The molecule has 1 atom stereocenters. The van der Waals surface area contributed by atoms with Gasteiger partial charge < -0.3 is 4.90 Å². The molecule has 0 radical (unpaired) electrons. The van der Waals surface area contributed by atoms with Crippen LogP contribution >= 0.6 is 0 Å². The van der Waals surface area contributed by atoms with E-state index < -0.39 is 0 Å². The van der Waals surface area contributed by atoms with Crippen LogP contribution in [0, 0.1) is 11.8 Å². The average molecular weight is 211 g/mol. The summed E-state index contributed by atoms with van der Waals surface area (Å²) in [5, 5.41) is 0. The van der Waals surface area contributed by atoms with Crippen LogP contribution in [-0.2, 0) is 4.79 Å². The van der Waals surface area contributed by atoms with Gasteiger partial charge in [-0.15, -0.1) is 0 Å². The summed E-state index contributed by atoms with van der Waals surface area (Å²) >= 11 is 0. The van der Waals surface area contributed by atoms with E-state index >= 15 is 0 Å². The van der Waals surface area contributed by atoms with E-state index in [0.717, 1.165) is 19.5 Å². The summed E-state index contributed by atoms with van der Waals surface area (Å²) in [5.74, 6) is 1.32. The number of carbonyl (C=O) groups is 1. The highest BCUT2D eigenvalue weighted by molar-refractivity contribution is 5.78. The molecule has 1 rings (SSSR count). The second-order valence-electron chi connectivity index (χ2n) is 5.26. The van der Waals surface area contributed by atoms with Gasteiger partial charge in [0.25, 0.3) is 0 Å². The normalized spacial score (nSPS) is 19.3. The molecule has 1 fully saturated rings. The maximum atomic E-state index is 12.0. The van der Waals surface area contributed by atoms with E-state index in [2.05, 4.69) is 25.7 Å². The van der Waals surface area contributed by atoms with Crippen molar-refractivity contribution < 1.29 is 4.79 Å². The Bertz CT molecular complexity index is 195. The lowest BCUT2D eigenvalue weighted by atomic mass is 9.97. The van der Waals surface area contributed by atoms with Gasteiger partial charge >= 0.3 is 0 Å². The molecule has 1 aliphatic rings. The van der Waals surface area contributed by atoms with Gasteiger partial charge in [-0.2, -0.15) is 0 Å². The van der Waals surface area contributed by atoms with E-state index in [9.17, 15) is 4.79 Å². The number of piperidine rings is 1. The molecule has 1 unspecified atom stereocenters. The van der Waals surface area contributed by atoms with Crippen LogP contribution in [0.3, 0.4) is 0 Å². The molecule has 0 aromatic carbocycles. The quantitative estimate of drug-likeness (QED) is 0.700. The van der Waals surface area contributed by atoms with Gasteiger partial charge in [-0.25, -0.2) is 0 Å². The first kappa shape index (κ1) is 12.5. The van der Waals surface area contributed by atoms with Crippen LogP contribution in [0.15, 0.2) is 0 Å². The summed E-state index contributed by atoms with van der Waals surface area (Å²) in [6.45, 7) is 8.51. The Balaban J connectivity index is 2.30. The topological polar surface area (TPSA) is 20.3 Å². The number of carbonyl (C=O) groups excluding carboxylic acids is 1. The number of amides is 1. The molecule has 0 spiro atoms. The van der Waals surface area contributed by atoms with E-state index in [1.165, 1.54) is 25.7 Å². The van der Waals surface area contributed by atoms with E-state index in [1.807, 2.05) is 0 Å². The van der Waals surface area contributed by atoms with Gasteiger partial charge in [0.2, 0.25) is 5.91 Å². The fraction of sp³-hybridized carbons (Fsp3) is 0.923. The number of nitrogens with zero attached hydrogens (tertiary/aromatic N) is 1. The molecule has 0 saturated carbocycles. The first-order valence-electron chi connectivity index (χ1n) is 6.40. The summed E-state index contributed by atoms with van der Waals surface area (Å²) in [4.78, 5) is 14.1. The van der Waals surface area contributed by atoms with Crippen molar-refractivity contribution in [2.45, 2.75) is 52.9 Å². The third kappa shape index (κ3) is 4.23. The summed E-state index contributed by atoms with van der Waals surface area (Å²) in [7, 11) is 0. The van der Waals surface area contributed by atoms with Crippen LogP contribution in [0.25, 0.3) is 0 Å². The van der Waals surface area contributed by atoms with Crippen molar-refractivity contribution >= 4 is 5.91 Å². The summed E-state index contributed by atoms with van der Waals surface area (Å²) in [6, 6.07) is 0. The zero-order valence-electron chi connectivity index (χ0n) is 10.5. The Hall–Kier alpha value is -0.530. The van der Waals surface area contributed by atoms with Gasteiger partial charge in [-0.05, 0) is 31.6 Å². The van der Waals surface area contributed by atoms with E-state index in [4.69, 9.17) is 0 Å². The Morgan fingerprint density at radius 1 is 1.07 bits per heavy atom. The lowest BCUT2D eigenvalue weighted by Gasteiger charge is -2.29. The average Bonchev–Trinajstić information content (AvgIpc) is 2.26. The standard InChI is InChI=1S/C13H25NO/c1-11(2)7-8-12(3)13(15)14-9-5-4-6-10-14/h11-12H,4-10H2,1-3H3. The van der Waals surface area contributed by atoms with Gasteiger partial charge in [-0.1, -0.05) is 27.2 Å². The van der Waals surface area contributed by atoms with Crippen LogP contribution in [0.1, 0.15) is 52.9 Å². The summed E-state index contributed by atoms with van der Waals surface area (Å²) in [5.41, 5.74) is 0. The van der Waals surface area contributed by atoms with Crippen LogP contribution in [-0.4, -0.2) is 23.9 Å². The fourth-order valence-electron chi connectivity index (χ4n) is 2.13. The molecule has 1 aliphatic heterocycles. The minimum atomic E-state index is 0.227. The van der Waals surface area contributed by atoms with Crippen molar-refractivity contribution in [3.63, 3.8) is 0 Å². The molecule has 0 aromatic rings. The predicted octanol–water partition coefficient (Wildman–Crippen LogP) is 3.07. The summed E-state index contributed by atoms with van der Waals surface area (Å²) < 4.78 is 0. The molecule has 0 aliphatic carbocycles. The zero-order valence-corrected chi connectivity index (χ0v) is 10.5. The van der Waals surface area contributed by atoms with Crippen molar-refractivity contribution in [2.24, 2.45) is 11.8 Å². The minimum Gasteiger partial charge on any atom is -0.342 e. The van der Waals surface area contributed by atoms with Gasteiger partial charge in [0.1, 0.15) is 0 Å². The smallest absolute Gasteiger partial charge is 0.225 e. The minimum absolute atomic E-state index is 0.227. The van der Waals surface area contributed by atoms with Gasteiger partial charge in [0.05, 0.1) is 0 Å². The lowest BCUT2D eigenvalue weighted by Crippen LogP contribution is -2.38. The molecule has 0 bridgehead atoms. The molecule has 1 heterocycles. The first-order chi connectivity index (χ1) is 7.11. The highest BCUT2D eigenvalue weighted by Crippen LogP contribution is 2.17. The Labute approximate surface area is 94.0 Å². The molecular weight excluding hydrogens is 186 g/mol. The predicted molar refractivity (Wildman–Crippen MR) is 63.7 cm³/mol. The molecular formula is C13H25NO. The monoisotopic (exact) mass is 211 g/mol. The van der Waals surface area contributed by atoms with Crippen LogP contribution in [0.5, 0.6) is 0 Å². The van der Waals surface area contributed by atoms with Crippen LogP contribution < -0.4 is 0 Å². The highest BCUT2D eigenvalue weighted by Gasteiger charge is 2.21. The van der Waals surface area contributed by atoms with Gasteiger partial charge in [0.15, 0.2) is 0 Å². The third-order valence-corrected chi connectivity index (χ3v) is 3.27. The largest absolute Gasteiger partial charge is 0.342 e. The van der Waals surface area contributed by atoms with E-state index in [-0.39, 0.29) is 5.92 Å². The Morgan fingerprint density at radius 2 is 1.67 bits per heavy atom. The molecule has 1 saturated heterocycles. The van der Waals surface area contributed by atoms with E-state index in [0.29, 0.717) is 11.8 Å². The first-order valence-corrected chi connectivity index (χ1v) is 6.40. The molecule has 0 N–H and O–H groups in total. The number of hydrogen-bond acceptors (Lipinski definition) is 1. The van der Waals surface area contributed by atoms with Gasteiger partial charge in [-0.3, -0.25) is 4.79 Å².